The molecule has 0 heterocycles. The van der Waals surface area contributed by atoms with Crippen molar-refractivity contribution >= 4 is 39.5 Å². The summed E-state index contributed by atoms with van der Waals surface area (Å²) in [7, 11) is -9.92. The van der Waals surface area contributed by atoms with Gasteiger partial charge >= 0.3 is 39.5 Å². The smallest absolute Gasteiger partial charge is 0.462 e. The lowest BCUT2D eigenvalue weighted by Crippen LogP contribution is -2.30. The highest BCUT2D eigenvalue weighted by Crippen LogP contribution is 2.45. The van der Waals surface area contributed by atoms with Gasteiger partial charge in [0.15, 0.2) is 12.2 Å². The van der Waals surface area contributed by atoms with Crippen LogP contribution in [-0.2, 0) is 65.4 Å². The van der Waals surface area contributed by atoms with Crippen molar-refractivity contribution in [2.24, 2.45) is 17.8 Å². The van der Waals surface area contributed by atoms with E-state index < -0.39 is 97.5 Å². The summed E-state index contributed by atoms with van der Waals surface area (Å²) in [5, 5.41) is 10.7. The van der Waals surface area contributed by atoms with E-state index >= 15 is 0 Å². The lowest BCUT2D eigenvalue weighted by Gasteiger charge is -2.21. The number of hydrogen-bond donors (Lipinski definition) is 3. The molecule has 0 aliphatic heterocycles. The van der Waals surface area contributed by atoms with Crippen molar-refractivity contribution in [1.82, 2.24) is 0 Å². The first kappa shape index (κ1) is 100. The Bertz CT molecular complexity index is 1970. The highest BCUT2D eigenvalue weighted by molar-refractivity contribution is 7.47. The second kappa shape index (κ2) is 73.2. The molecule has 0 saturated carbocycles. The van der Waals surface area contributed by atoms with E-state index in [0.29, 0.717) is 31.6 Å². The molecule has 19 heteroatoms. The van der Waals surface area contributed by atoms with Gasteiger partial charge in [-0.3, -0.25) is 37.3 Å². The van der Waals surface area contributed by atoms with Crippen LogP contribution >= 0.6 is 15.6 Å². The minimum Gasteiger partial charge on any atom is -0.462 e. The summed E-state index contributed by atoms with van der Waals surface area (Å²) < 4.78 is 68.8. The van der Waals surface area contributed by atoms with Gasteiger partial charge in [0.25, 0.3) is 0 Å². The summed E-state index contributed by atoms with van der Waals surface area (Å²) in [4.78, 5) is 73.1. The van der Waals surface area contributed by atoms with Crippen molar-refractivity contribution in [1.29, 1.82) is 0 Å². The molecule has 3 N–H and O–H groups in total. The minimum atomic E-state index is -4.96. The van der Waals surface area contributed by atoms with Crippen molar-refractivity contribution in [3.63, 3.8) is 0 Å². The van der Waals surface area contributed by atoms with E-state index in [1.165, 1.54) is 238 Å². The number of aliphatic hydroxyl groups excluding tert-OH is 1. The highest BCUT2D eigenvalue weighted by Gasteiger charge is 2.30. The van der Waals surface area contributed by atoms with Crippen LogP contribution in [0.1, 0.15) is 434 Å². The SMILES string of the molecule is CCCCCCCCCCCCCCCCCCCCCC(=O)O[C@H](COC(=O)CCCCCCCCCCCCCCCCC(C)C)COP(=O)(O)OC[C@@H](O)COP(=O)(O)OC[C@@H](COC(=O)CCCCCCCCC(C)C)OC(=O)CCCCCCCCCCCCCCCCC(C)C. The zero-order valence-corrected chi connectivity index (χ0v) is 68.9. The molecule has 0 aliphatic carbocycles. The molecule has 0 radical (unpaired) electrons. The molecule has 0 bridgehead atoms. The van der Waals surface area contributed by atoms with Gasteiger partial charge in [0.05, 0.1) is 26.4 Å². The first-order valence-electron chi connectivity index (χ1n) is 42.8. The summed E-state index contributed by atoms with van der Waals surface area (Å²) in [6, 6.07) is 0. The fourth-order valence-electron chi connectivity index (χ4n) is 12.8. The Morgan fingerprint density at radius 1 is 0.265 bits per heavy atom. The average Bonchev–Trinajstić information content (AvgIpc) is 0.910. The Hall–Kier alpha value is -1.94. The number of rotatable bonds is 81. The molecule has 606 valence electrons. The number of hydrogen-bond acceptors (Lipinski definition) is 15. The van der Waals surface area contributed by atoms with Gasteiger partial charge in [-0.2, -0.15) is 0 Å². The van der Waals surface area contributed by atoms with Crippen molar-refractivity contribution in [3.8, 4) is 0 Å². The quantitative estimate of drug-likeness (QED) is 0.0222. The van der Waals surface area contributed by atoms with E-state index in [4.69, 9.17) is 37.0 Å². The number of ether oxygens (including phenoxy) is 4. The van der Waals surface area contributed by atoms with Crippen LogP contribution in [-0.4, -0.2) is 96.7 Å². The van der Waals surface area contributed by atoms with Gasteiger partial charge in [-0.25, -0.2) is 9.13 Å². The topological polar surface area (TPSA) is 237 Å². The second-order valence-corrected chi connectivity index (χ2v) is 34.2. The summed E-state index contributed by atoms with van der Waals surface area (Å²) in [5.41, 5.74) is 0. The van der Waals surface area contributed by atoms with Crippen molar-refractivity contribution in [2.75, 3.05) is 39.6 Å². The zero-order valence-electron chi connectivity index (χ0n) is 67.1. The standard InChI is InChI=1S/C83H162O17P2/c1-8-9-10-11-12-13-14-15-16-17-18-19-20-28-33-38-43-52-59-66-82(87)99-78(70-93-80(85)64-57-50-42-37-32-27-23-21-25-30-35-40-47-54-61-74(2)3)72-97-101(89,90)95-68-77(84)69-96-102(91,92)98-73-79(71-94-81(86)65-58-51-46-45-49-56-63-76(6)7)100-83(88)67-60-53-44-39-34-29-24-22-26-31-36-41-48-55-62-75(4)5/h74-79,84H,8-73H2,1-7H3,(H,89,90)(H,91,92)/t77-,78-,79-/m1/s1. The number of aliphatic hydroxyl groups is 1. The molecule has 0 fully saturated rings. The maximum atomic E-state index is 13.1. The molecule has 0 aliphatic rings. The molecule has 0 rings (SSSR count). The Morgan fingerprint density at radius 2 is 0.451 bits per heavy atom. The normalized spacial score (nSPS) is 13.9. The van der Waals surface area contributed by atoms with Crippen LogP contribution in [0, 0.1) is 17.8 Å². The fraction of sp³-hybridized carbons (Fsp3) is 0.952. The van der Waals surface area contributed by atoms with Crippen LogP contribution in [0.3, 0.4) is 0 Å². The van der Waals surface area contributed by atoms with Crippen molar-refractivity contribution < 1.29 is 80.2 Å². The van der Waals surface area contributed by atoms with Crippen LogP contribution in [0.4, 0.5) is 0 Å². The van der Waals surface area contributed by atoms with Crippen LogP contribution in [0.5, 0.6) is 0 Å². The molecule has 0 saturated heterocycles. The number of phosphoric ester groups is 2. The van der Waals surface area contributed by atoms with E-state index in [-0.39, 0.29) is 25.7 Å². The van der Waals surface area contributed by atoms with Crippen LogP contribution in [0.15, 0.2) is 0 Å². The van der Waals surface area contributed by atoms with E-state index in [1.54, 1.807) is 0 Å². The average molecular weight is 1490 g/mol. The van der Waals surface area contributed by atoms with Gasteiger partial charge in [-0.15, -0.1) is 0 Å². The maximum Gasteiger partial charge on any atom is 0.472 e. The lowest BCUT2D eigenvalue weighted by molar-refractivity contribution is -0.161. The van der Waals surface area contributed by atoms with Crippen LogP contribution in [0.25, 0.3) is 0 Å². The summed E-state index contributed by atoms with van der Waals surface area (Å²) in [5.74, 6) is 0.163. The summed E-state index contributed by atoms with van der Waals surface area (Å²) in [6.07, 6.45) is 62.6. The van der Waals surface area contributed by atoms with Gasteiger partial charge in [-0.05, 0) is 43.4 Å². The molecule has 0 spiro atoms. The van der Waals surface area contributed by atoms with Crippen molar-refractivity contribution in [2.45, 2.75) is 452 Å². The summed E-state index contributed by atoms with van der Waals surface area (Å²) in [6.45, 7) is 11.9. The predicted molar refractivity (Wildman–Crippen MR) is 418 cm³/mol. The number of unbranched alkanes of at least 4 members (excludes halogenated alkanes) is 49. The molecule has 0 aromatic heterocycles. The predicted octanol–water partition coefficient (Wildman–Crippen LogP) is 24.9. The molecular formula is C83H162O17P2. The summed E-state index contributed by atoms with van der Waals surface area (Å²) >= 11 is 0. The van der Waals surface area contributed by atoms with Crippen LogP contribution < -0.4 is 0 Å². The molecule has 102 heavy (non-hydrogen) atoms. The largest absolute Gasteiger partial charge is 0.472 e. The highest BCUT2D eigenvalue weighted by atomic mass is 31.2. The van der Waals surface area contributed by atoms with Crippen molar-refractivity contribution in [3.05, 3.63) is 0 Å². The number of phosphoric acid groups is 2. The Kier molecular flexibility index (Phi) is 71.8. The third-order valence-corrected chi connectivity index (χ3v) is 21.3. The molecule has 0 aromatic carbocycles. The van der Waals surface area contributed by atoms with E-state index in [2.05, 4.69) is 48.5 Å². The van der Waals surface area contributed by atoms with Crippen LogP contribution in [0.2, 0.25) is 0 Å². The maximum absolute atomic E-state index is 13.1. The van der Waals surface area contributed by atoms with E-state index in [9.17, 15) is 43.2 Å². The van der Waals surface area contributed by atoms with Gasteiger partial charge in [0.2, 0.25) is 0 Å². The van der Waals surface area contributed by atoms with Gasteiger partial charge in [-0.1, -0.05) is 382 Å². The van der Waals surface area contributed by atoms with Gasteiger partial charge in [0, 0.05) is 25.7 Å². The number of carbonyl (C=O) groups excluding carboxylic acids is 4. The zero-order chi connectivity index (χ0) is 75.1. The first-order chi connectivity index (χ1) is 49.2. The Morgan fingerprint density at radius 3 is 0.667 bits per heavy atom. The fourth-order valence-corrected chi connectivity index (χ4v) is 14.4. The number of esters is 4. The molecular weight excluding hydrogens is 1330 g/mol. The van der Waals surface area contributed by atoms with Gasteiger partial charge < -0.3 is 33.8 Å². The van der Waals surface area contributed by atoms with E-state index in [1.807, 2.05) is 0 Å². The molecule has 17 nitrogen and oxygen atoms in total. The lowest BCUT2D eigenvalue weighted by atomic mass is 10.0. The molecule has 0 amide bonds. The third kappa shape index (κ3) is 76.3. The van der Waals surface area contributed by atoms with Gasteiger partial charge in [0.1, 0.15) is 19.3 Å². The third-order valence-electron chi connectivity index (χ3n) is 19.4. The monoisotopic (exact) mass is 1490 g/mol. The first-order valence-corrected chi connectivity index (χ1v) is 45.8. The Labute approximate surface area is 626 Å². The second-order valence-electron chi connectivity index (χ2n) is 31.3. The molecule has 5 atom stereocenters. The number of carbonyl (C=O) groups is 4. The van der Waals surface area contributed by atoms with E-state index in [0.717, 1.165) is 108 Å². The Balaban J connectivity index is 5.22. The molecule has 0 aromatic rings. The molecule has 2 unspecified atom stereocenters. The minimum absolute atomic E-state index is 0.106.